The van der Waals surface area contributed by atoms with E-state index in [1.165, 1.54) is 17.9 Å². The van der Waals surface area contributed by atoms with E-state index < -0.39 is 28.7 Å². The Bertz CT molecular complexity index is 1930. The van der Waals surface area contributed by atoms with Crippen molar-refractivity contribution in [2.24, 2.45) is 0 Å². The molecule has 2 saturated heterocycles. The molecule has 1 N–H and O–H groups in total. The molecular formula is C29H25F3N6O3. The molecule has 0 aliphatic carbocycles. The molecule has 0 saturated carbocycles. The van der Waals surface area contributed by atoms with Gasteiger partial charge >= 0.3 is 5.69 Å². The highest BCUT2D eigenvalue weighted by Gasteiger charge is 2.37. The average Bonchev–Trinajstić information content (AvgIpc) is 3.50. The SMILES string of the molecule is COc1cc(N2[C@@H]3CC[C@H]2CNC3)cc2c1c(=O)n(-c1cnc3ccccn13)c(=O)n2Cc1cc(F)c(F)c(F)c1. The van der Waals surface area contributed by atoms with Crippen LogP contribution in [-0.4, -0.2) is 50.8 Å². The average molecular weight is 563 g/mol. The number of nitrogens with zero attached hydrogens (tertiary/aromatic N) is 5. The normalized spacial score (nSPS) is 18.5. The predicted octanol–water partition coefficient (Wildman–Crippen LogP) is 3.21. The quantitative estimate of drug-likeness (QED) is 0.331. The van der Waals surface area contributed by atoms with Gasteiger partial charge in [-0.25, -0.2) is 27.5 Å². The van der Waals surface area contributed by atoms with Crippen molar-refractivity contribution in [2.75, 3.05) is 25.1 Å². The Morgan fingerprint density at radius 3 is 2.46 bits per heavy atom. The number of fused-ring (bicyclic) bond motifs is 4. The summed E-state index contributed by atoms with van der Waals surface area (Å²) < 4.78 is 51.8. The van der Waals surface area contributed by atoms with Crippen LogP contribution in [0.1, 0.15) is 18.4 Å². The zero-order valence-corrected chi connectivity index (χ0v) is 22.0. The number of anilines is 1. The number of hydrogen-bond acceptors (Lipinski definition) is 6. The van der Waals surface area contributed by atoms with Crippen LogP contribution in [0.5, 0.6) is 5.75 Å². The van der Waals surface area contributed by atoms with Gasteiger partial charge in [0.2, 0.25) is 0 Å². The van der Waals surface area contributed by atoms with Crippen LogP contribution >= 0.6 is 0 Å². The van der Waals surface area contributed by atoms with Gasteiger partial charge in [-0.2, -0.15) is 0 Å². The van der Waals surface area contributed by atoms with Gasteiger partial charge in [0.05, 0.1) is 25.4 Å². The van der Waals surface area contributed by atoms with E-state index in [4.69, 9.17) is 4.74 Å². The Morgan fingerprint density at radius 1 is 1.02 bits per heavy atom. The summed E-state index contributed by atoms with van der Waals surface area (Å²) in [5.74, 6) is -3.90. The number of nitrogens with one attached hydrogen (secondary N) is 1. The lowest BCUT2D eigenvalue weighted by Gasteiger charge is -2.37. The number of benzene rings is 2. The maximum atomic E-state index is 14.2. The maximum absolute atomic E-state index is 14.2. The number of ether oxygens (including phenoxy) is 1. The monoisotopic (exact) mass is 562 g/mol. The minimum atomic E-state index is -1.60. The molecule has 0 unspecified atom stereocenters. The zero-order chi connectivity index (χ0) is 28.4. The number of halogens is 3. The van der Waals surface area contributed by atoms with Gasteiger partial charge in [0.25, 0.3) is 5.56 Å². The third kappa shape index (κ3) is 3.92. The van der Waals surface area contributed by atoms with E-state index in [-0.39, 0.29) is 46.7 Å². The summed E-state index contributed by atoms with van der Waals surface area (Å²) in [4.78, 5) is 34.9. The van der Waals surface area contributed by atoms with Crippen LogP contribution in [0.15, 0.2) is 64.4 Å². The molecule has 5 heterocycles. The predicted molar refractivity (Wildman–Crippen MR) is 147 cm³/mol. The molecule has 0 amide bonds. The van der Waals surface area contributed by atoms with Crippen LogP contribution in [0.25, 0.3) is 22.4 Å². The number of rotatable bonds is 5. The first kappa shape index (κ1) is 25.4. The summed E-state index contributed by atoms with van der Waals surface area (Å²) in [5, 5.41) is 3.55. The molecule has 2 aliphatic rings. The second-order valence-corrected chi connectivity index (χ2v) is 10.4. The lowest BCUT2D eigenvalue weighted by atomic mass is 10.1. The first-order valence-electron chi connectivity index (χ1n) is 13.3. The van der Waals surface area contributed by atoms with Gasteiger partial charge in [0.15, 0.2) is 17.5 Å². The molecule has 2 atom stereocenters. The number of aromatic nitrogens is 4. The largest absolute Gasteiger partial charge is 0.496 e. The van der Waals surface area contributed by atoms with E-state index in [0.29, 0.717) is 5.65 Å². The maximum Gasteiger partial charge on any atom is 0.337 e. The van der Waals surface area contributed by atoms with Crippen LogP contribution in [0.4, 0.5) is 18.9 Å². The van der Waals surface area contributed by atoms with Crippen LogP contribution in [-0.2, 0) is 6.54 Å². The molecule has 2 bridgehead atoms. The number of hydrogen-bond donors (Lipinski definition) is 1. The zero-order valence-electron chi connectivity index (χ0n) is 22.0. The molecule has 9 nitrogen and oxygen atoms in total. The van der Waals surface area contributed by atoms with E-state index in [2.05, 4.69) is 15.2 Å². The number of pyridine rings is 1. The molecule has 12 heteroatoms. The van der Waals surface area contributed by atoms with Crippen molar-refractivity contribution in [3.63, 3.8) is 0 Å². The first-order chi connectivity index (χ1) is 19.9. The van der Waals surface area contributed by atoms with Crippen molar-refractivity contribution in [1.82, 2.24) is 23.8 Å². The smallest absolute Gasteiger partial charge is 0.337 e. The van der Waals surface area contributed by atoms with Crippen molar-refractivity contribution < 1.29 is 17.9 Å². The number of imidazole rings is 1. The molecule has 0 radical (unpaired) electrons. The molecule has 210 valence electrons. The molecule has 2 aliphatic heterocycles. The Morgan fingerprint density at radius 2 is 1.76 bits per heavy atom. The van der Waals surface area contributed by atoms with E-state index in [0.717, 1.165) is 48.3 Å². The highest BCUT2D eigenvalue weighted by atomic mass is 19.2. The van der Waals surface area contributed by atoms with Gasteiger partial charge in [0.1, 0.15) is 22.6 Å². The highest BCUT2D eigenvalue weighted by Crippen LogP contribution is 2.37. The molecule has 7 rings (SSSR count). The summed E-state index contributed by atoms with van der Waals surface area (Å²) in [6, 6.07) is 10.9. The van der Waals surface area contributed by atoms with Gasteiger partial charge in [-0.1, -0.05) is 6.07 Å². The van der Waals surface area contributed by atoms with Crippen LogP contribution in [0.3, 0.4) is 0 Å². The molecule has 0 spiro atoms. The lowest BCUT2D eigenvalue weighted by molar-refractivity contribution is 0.418. The fourth-order valence-corrected chi connectivity index (χ4v) is 6.27. The standard InChI is InChI=1S/C29H25F3N6O3/c1-41-23-11-19(37-17-5-6-18(37)13-33-12-17)10-22-26(23)28(39)38(25-14-34-24-4-2-3-7-35(24)25)29(40)36(22)15-16-8-20(30)27(32)21(31)9-16/h2-4,7-11,14,17-18,33H,5-6,12-13,15H2,1H3/t17-,18+. The van der Waals surface area contributed by atoms with E-state index >= 15 is 0 Å². The number of methoxy groups -OCH3 is 1. The van der Waals surface area contributed by atoms with Gasteiger partial charge in [-0.3, -0.25) is 13.8 Å². The summed E-state index contributed by atoms with van der Waals surface area (Å²) in [6.45, 7) is 1.27. The lowest BCUT2D eigenvalue weighted by Crippen LogP contribution is -2.52. The molecular weight excluding hydrogens is 537 g/mol. The van der Waals surface area contributed by atoms with Gasteiger partial charge in [0, 0.05) is 43.1 Å². The van der Waals surface area contributed by atoms with E-state index in [1.54, 1.807) is 40.9 Å². The molecule has 5 aromatic rings. The Balaban J connectivity index is 1.53. The third-order valence-electron chi connectivity index (χ3n) is 8.10. The van der Waals surface area contributed by atoms with Crippen molar-refractivity contribution in [3.8, 4) is 11.6 Å². The molecule has 3 aromatic heterocycles. The van der Waals surface area contributed by atoms with Crippen molar-refractivity contribution in [2.45, 2.75) is 31.5 Å². The highest BCUT2D eigenvalue weighted by molar-refractivity contribution is 5.89. The summed E-state index contributed by atoms with van der Waals surface area (Å²) in [6.07, 6.45) is 5.07. The summed E-state index contributed by atoms with van der Waals surface area (Å²) in [7, 11) is 1.45. The minimum Gasteiger partial charge on any atom is -0.496 e. The first-order valence-corrected chi connectivity index (χ1v) is 13.3. The van der Waals surface area contributed by atoms with Gasteiger partial charge in [-0.15, -0.1) is 0 Å². The van der Waals surface area contributed by atoms with Crippen LogP contribution in [0.2, 0.25) is 0 Å². The Hall–Kier alpha value is -4.58. The minimum absolute atomic E-state index is 0.0137. The van der Waals surface area contributed by atoms with Gasteiger partial charge in [-0.05, 0) is 48.7 Å². The molecule has 2 fully saturated rings. The second-order valence-electron chi connectivity index (χ2n) is 10.4. The number of piperazine rings is 1. The van der Waals surface area contributed by atoms with Crippen LogP contribution < -0.4 is 26.2 Å². The topological polar surface area (TPSA) is 85.8 Å². The Kier molecular flexibility index (Phi) is 5.89. The Labute approximate surface area is 231 Å². The molecule has 2 aromatic carbocycles. The van der Waals surface area contributed by atoms with Crippen LogP contribution in [0, 0.1) is 17.5 Å². The third-order valence-corrected chi connectivity index (χ3v) is 8.10. The van der Waals surface area contributed by atoms with Crippen molar-refractivity contribution in [1.29, 1.82) is 0 Å². The summed E-state index contributed by atoms with van der Waals surface area (Å²) >= 11 is 0. The second kappa shape index (κ2) is 9.51. The molecule has 41 heavy (non-hydrogen) atoms. The van der Waals surface area contributed by atoms with Crippen molar-refractivity contribution >= 4 is 22.2 Å². The summed E-state index contributed by atoms with van der Waals surface area (Å²) in [5.41, 5.74) is 0.164. The van der Waals surface area contributed by atoms with Gasteiger partial charge < -0.3 is 15.0 Å². The fourth-order valence-electron chi connectivity index (χ4n) is 6.27. The van der Waals surface area contributed by atoms with E-state index in [9.17, 15) is 22.8 Å². The van der Waals surface area contributed by atoms with Crippen molar-refractivity contribution in [3.05, 3.63) is 98.7 Å². The fraction of sp³-hybridized carbons (Fsp3) is 0.276. The van der Waals surface area contributed by atoms with E-state index in [1.807, 2.05) is 0 Å².